The molecule has 0 spiro atoms. The van der Waals surface area contributed by atoms with Crippen molar-refractivity contribution in [3.8, 4) is 5.75 Å². The Morgan fingerprint density at radius 3 is 2.40 bits per heavy atom. The maximum atomic E-state index is 11.8. The average molecular weight is 339 g/mol. The number of ether oxygens (including phenoxy) is 1. The number of nitrogens with one attached hydrogen (secondary N) is 1. The molecule has 0 aromatic heterocycles. The third kappa shape index (κ3) is 6.30. The standard InChI is InChI=1S/C20H25N3O2/c1-23(2)18-11-7-17(8-12-18)15-21-22-20(24)6-4-5-16-9-13-19(25-3)14-10-16/h7-15H,4-6H2,1-3H3,(H,22,24). The van der Waals surface area contributed by atoms with E-state index in [2.05, 4.69) is 10.5 Å². The van der Waals surface area contributed by atoms with Crippen LogP contribution in [0.2, 0.25) is 0 Å². The monoisotopic (exact) mass is 339 g/mol. The number of aryl methyl sites for hydroxylation is 1. The van der Waals surface area contributed by atoms with Crippen LogP contribution in [0.4, 0.5) is 5.69 Å². The average Bonchev–Trinajstić information content (AvgIpc) is 2.63. The van der Waals surface area contributed by atoms with Crippen molar-refractivity contribution in [2.75, 3.05) is 26.1 Å². The number of anilines is 1. The van der Waals surface area contributed by atoms with Crippen molar-refractivity contribution in [3.05, 3.63) is 59.7 Å². The van der Waals surface area contributed by atoms with Gasteiger partial charge in [-0.25, -0.2) is 5.43 Å². The van der Waals surface area contributed by atoms with Gasteiger partial charge in [0.25, 0.3) is 0 Å². The van der Waals surface area contributed by atoms with Crippen LogP contribution in [-0.4, -0.2) is 33.3 Å². The van der Waals surface area contributed by atoms with Gasteiger partial charge in [-0.2, -0.15) is 5.10 Å². The molecule has 0 unspecified atom stereocenters. The van der Waals surface area contributed by atoms with E-state index in [0.717, 1.165) is 29.8 Å². The molecule has 2 aromatic carbocycles. The van der Waals surface area contributed by atoms with Gasteiger partial charge in [0.15, 0.2) is 0 Å². The van der Waals surface area contributed by atoms with E-state index in [1.165, 1.54) is 5.56 Å². The highest BCUT2D eigenvalue weighted by atomic mass is 16.5. The molecule has 0 radical (unpaired) electrons. The first-order valence-electron chi connectivity index (χ1n) is 8.30. The van der Waals surface area contributed by atoms with Gasteiger partial charge >= 0.3 is 0 Å². The zero-order valence-electron chi connectivity index (χ0n) is 15.0. The number of methoxy groups -OCH3 is 1. The van der Waals surface area contributed by atoms with Gasteiger partial charge in [-0.3, -0.25) is 4.79 Å². The van der Waals surface area contributed by atoms with Crippen LogP contribution >= 0.6 is 0 Å². The minimum Gasteiger partial charge on any atom is -0.497 e. The lowest BCUT2D eigenvalue weighted by molar-refractivity contribution is -0.121. The van der Waals surface area contributed by atoms with Crippen molar-refractivity contribution in [2.45, 2.75) is 19.3 Å². The lowest BCUT2D eigenvalue weighted by Crippen LogP contribution is -2.17. The Bertz CT molecular complexity index is 692. The van der Waals surface area contributed by atoms with Gasteiger partial charge in [0.2, 0.25) is 5.91 Å². The number of rotatable bonds is 8. The van der Waals surface area contributed by atoms with Crippen LogP contribution < -0.4 is 15.1 Å². The van der Waals surface area contributed by atoms with E-state index in [1.54, 1.807) is 13.3 Å². The summed E-state index contributed by atoms with van der Waals surface area (Å²) >= 11 is 0. The molecule has 0 heterocycles. The molecule has 1 N–H and O–H groups in total. The van der Waals surface area contributed by atoms with Gasteiger partial charge in [-0.1, -0.05) is 24.3 Å². The predicted molar refractivity (Wildman–Crippen MR) is 102 cm³/mol. The van der Waals surface area contributed by atoms with Gasteiger partial charge < -0.3 is 9.64 Å². The summed E-state index contributed by atoms with van der Waals surface area (Å²) in [6, 6.07) is 15.9. The Kier molecular flexibility index (Phi) is 7.01. The van der Waals surface area contributed by atoms with Crippen LogP contribution in [0.1, 0.15) is 24.0 Å². The fourth-order valence-corrected chi connectivity index (χ4v) is 2.34. The highest BCUT2D eigenvalue weighted by molar-refractivity contribution is 5.82. The Morgan fingerprint density at radius 2 is 1.80 bits per heavy atom. The second-order valence-electron chi connectivity index (χ2n) is 5.98. The summed E-state index contributed by atoms with van der Waals surface area (Å²) in [5, 5.41) is 4.01. The Balaban J connectivity index is 1.70. The molecule has 132 valence electrons. The zero-order chi connectivity index (χ0) is 18.1. The highest BCUT2D eigenvalue weighted by Crippen LogP contribution is 2.13. The Morgan fingerprint density at radius 1 is 1.12 bits per heavy atom. The molecule has 0 saturated heterocycles. The van der Waals surface area contributed by atoms with Gasteiger partial charge in [-0.15, -0.1) is 0 Å². The number of benzene rings is 2. The summed E-state index contributed by atoms with van der Waals surface area (Å²) < 4.78 is 5.13. The summed E-state index contributed by atoms with van der Waals surface area (Å²) in [7, 11) is 5.64. The van der Waals surface area contributed by atoms with Crippen LogP contribution in [0, 0.1) is 0 Å². The molecule has 5 heteroatoms. The maximum Gasteiger partial charge on any atom is 0.240 e. The van der Waals surface area contributed by atoms with Crippen LogP contribution in [0.5, 0.6) is 5.75 Å². The number of carbonyl (C=O) groups excluding carboxylic acids is 1. The summed E-state index contributed by atoms with van der Waals surface area (Å²) in [4.78, 5) is 13.8. The molecule has 0 aliphatic carbocycles. The number of carbonyl (C=O) groups is 1. The molecule has 25 heavy (non-hydrogen) atoms. The van der Waals surface area contributed by atoms with Gasteiger partial charge in [0.1, 0.15) is 5.75 Å². The largest absolute Gasteiger partial charge is 0.497 e. The van der Waals surface area contributed by atoms with Crippen molar-refractivity contribution in [2.24, 2.45) is 5.10 Å². The van der Waals surface area contributed by atoms with Crippen molar-refractivity contribution >= 4 is 17.8 Å². The van der Waals surface area contributed by atoms with E-state index in [0.29, 0.717) is 6.42 Å². The third-order valence-electron chi connectivity index (χ3n) is 3.84. The molecule has 0 saturated carbocycles. The Labute approximate surface area is 149 Å². The van der Waals surface area contributed by atoms with E-state index in [-0.39, 0.29) is 5.91 Å². The number of hydrogen-bond donors (Lipinski definition) is 1. The SMILES string of the molecule is COc1ccc(CCCC(=O)NN=Cc2ccc(N(C)C)cc2)cc1. The molecule has 0 fully saturated rings. The van der Waals surface area contributed by atoms with E-state index < -0.39 is 0 Å². The van der Waals surface area contributed by atoms with Crippen molar-refractivity contribution < 1.29 is 9.53 Å². The second-order valence-corrected chi connectivity index (χ2v) is 5.98. The van der Waals surface area contributed by atoms with Gasteiger partial charge in [0, 0.05) is 26.2 Å². The molecule has 0 aliphatic rings. The fourth-order valence-electron chi connectivity index (χ4n) is 2.34. The van der Waals surface area contributed by atoms with Crippen LogP contribution in [0.15, 0.2) is 53.6 Å². The summed E-state index contributed by atoms with van der Waals surface area (Å²) in [5.74, 6) is 0.768. The fraction of sp³-hybridized carbons (Fsp3) is 0.300. The topological polar surface area (TPSA) is 53.9 Å². The third-order valence-corrected chi connectivity index (χ3v) is 3.84. The lowest BCUT2D eigenvalue weighted by Gasteiger charge is -2.11. The number of nitrogens with zero attached hydrogens (tertiary/aromatic N) is 2. The second kappa shape index (κ2) is 9.47. The molecule has 2 rings (SSSR count). The van der Waals surface area contributed by atoms with Crippen molar-refractivity contribution in [1.82, 2.24) is 5.43 Å². The van der Waals surface area contributed by atoms with E-state index in [1.807, 2.05) is 67.5 Å². The minimum atomic E-state index is -0.0744. The number of hydrogen-bond acceptors (Lipinski definition) is 4. The van der Waals surface area contributed by atoms with Crippen molar-refractivity contribution in [1.29, 1.82) is 0 Å². The lowest BCUT2D eigenvalue weighted by atomic mass is 10.1. The maximum absolute atomic E-state index is 11.8. The highest BCUT2D eigenvalue weighted by Gasteiger charge is 2.01. The zero-order valence-corrected chi connectivity index (χ0v) is 15.0. The first kappa shape index (κ1) is 18.5. The number of hydrazone groups is 1. The molecule has 5 nitrogen and oxygen atoms in total. The summed E-state index contributed by atoms with van der Waals surface area (Å²) in [6.45, 7) is 0. The molecule has 1 amide bonds. The first-order chi connectivity index (χ1) is 12.1. The Hall–Kier alpha value is -2.82. The normalized spacial score (nSPS) is 10.7. The van der Waals surface area contributed by atoms with E-state index in [9.17, 15) is 4.79 Å². The minimum absolute atomic E-state index is 0.0744. The molecular weight excluding hydrogens is 314 g/mol. The molecule has 0 atom stereocenters. The summed E-state index contributed by atoms with van der Waals surface area (Å²) in [5.41, 5.74) is 5.84. The molecule has 0 bridgehead atoms. The van der Waals surface area contributed by atoms with Crippen LogP contribution in [0.25, 0.3) is 0 Å². The van der Waals surface area contributed by atoms with Crippen molar-refractivity contribution in [3.63, 3.8) is 0 Å². The molecule has 0 aliphatic heterocycles. The quantitative estimate of drug-likeness (QED) is 0.593. The van der Waals surface area contributed by atoms with Crippen LogP contribution in [0.3, 0.4) is 0 Å². The molecule has 2 aromatic rings. The first-order valence-corrected chi connectivity index (χ1v) is 8.30. The predicted octanol–water partition coefficient (Wildman–Crippen LogP) is 3.23. The van der Waals surface area contributed by atoms with E-state index in [4.69, 9.17) is 4.74 Å². The summed E-state index contributed by atoms with van der Waals surface area (Å²) in [6.07, 6.45) is 3.74. The van der Waals surface area contributed by atoms with E-state index >= 15 is 0 Å². The van der Waals surface area contributed by atoms with Gasteiger partial charge in [-0.05, 0) is 48.2 Å². The molecular formula is C20H25N3O2. The van der Waals surface area contributed by atoms with Gasteiger partial charge in [0.05, 0.1) is 13.3 Å². The van der Waals surface area contributed by atoms with Crippen LogP contribution in [-0.2, 0) is 11.2 Å². The number of amides is 1. The smallest absolute Gasteiger partial charge is 0.240 e.